The van der Waals surface area contributed by atoms with E-state index in [1.165, 1.54) is 12.1 Å². The Bertz CT molecular complexity index is 709. The molecular weight excluding hydrogens is 299 g/mol. The largest absolute Gasteiger partial charge is 0.370 e. The van der Waals surface area contributed by atoms with Gasteiger partial charge in [0.15, 0.2) is 5.69 Å². The fourth-order valence-corrected chi connectivity index (χ4v) is 2.83. The number of carbonyl (C=O) groups is 1. The Hall–Kier alpha value is -2.21. The molecule has 0 spiro atoms. The number of ether oxygens (including phenoxy) is 1. The van der Waals surface area contributed by atoms with Crippen LogP contribution in [0.15, 0.2) is 34.9 Å². The number of carbonyl (C=O) groups excluding carboxylic acids is 1. The van der Waals surface area contributed by atoms with Crippen molar-refractivity contribution in [1.82, 2.24) is 10.1 Å². The molecule has 6 heteroatoms. The molecule has 5 nitrogen and oxygen atoms in total. The molecule has 1 unspecified atom stereocenters. The fraction of sp³-hybridized carbons (Fsp3) is 0.412. The van der Waals surface area contributed by atoms with Gasteiger partial charge in [-0.15, -0.1) is 0 Å². The molecule has 1 aromatic heterocycles. The van der Waals surface area contributed by atoms with Crippen LogP contribution in [0.3, 0.4) is 0 Å². The summed E-state index contributed by atoms with van der Waals surface area (Å²) in [5.74, 6) is 0.807. The second kappa shape index (κ2) is 5.77. The highest BCUT2D eigenvalue weighted by Gasteiger charge is 2.31. The van der Waals surface area contributed by atoms with E-state index < -0.39 is 0 Å². The quantitative estimate of drug-likeness (QED) is 0.873. The molecule has 0 N–H and O–H groups in total. The topological polar surface area (TPSA) is 55.6 Å². The lowest BCUT2D eigenvalue weighted by molar-refractivity contribution is -0.0231. The lowest BCUT2D eigenvalue weighted by Gasteiger charge is -2.32. The maximum absolute atomic E-state index is 13.0. The van der Waals surface area contributed by atoms with Crippen molar-refractivity contribution in [3.05, 3.63) is 53.2 Å². The highest BCUT2D eigenvalue weighted by atomic mass is 19.1. The lowest BCUT2D eigenvalue weighted by atomic mass is 10.1. The molecule has 0 bridgehead atoms. The van der Waals surface area contributed by atoms with Crippen LogP contribution < -0.4 is 0 Å². The van der Waals surface area contributed by atoms with Crippen LogP contribution >= 0.6 is 0 Å². The number of benzene rings is 1. The maximum atomic E-state index is 13.0. The van der Waals surface area contributed by atoms with Crippen LogP contribution in [-0.2, 0) is 4.74 Å². The third-order valence-electron chi connectivity index (χ3n) is 4.32. The first-order valence-corrected chi connectivity index (χ1v) is 7.83. The molecular formula is C17H17FN2O3. The number of nitrogens with zero attached hydrogens (tertiary/aromatic N) is 2. The zero-order chi connectivity index (χ0) is 15.8. The molecule has 120 valence electrons. The predicted octanol–water partition coefficient (Wildman–Crippen LogP) is 2.90. The second-order valence-corrected chi connectivity index (χ2v) is 6.05. The molecule has 2 fully saturated rings. The molecule has 23 heavy (non-hydrogen) atoms. The van der Waals surface area contributed by atoms with E-state index in [2.05, 4.69) is 5.16 Å². The van der Waals surface area contributed by atoms with Gasteiger partial charge in [0.2, 0.25) is 0 Å². The standard InChI is InChI=1S/C17H17FN2O3/c18-13-5-3-12(4-6-13)16-10-20(7-8-22-16)17(21)14-9-15(23-19-14)11-1-2-11/h3-6,9,11,16H,1-2,7-8,10H2. The van der Waals surface area contributed by atoms with Crippen LogP contribution in [0.1, 0.15) is 46.7 Å². The van der Waals surface area contributed by atoms with Crippen LogP contribution in [0.5, 0.6) is 0 Å². The van der Waals surface area contributed by atoms with Gasteiger partial charge < -0.3 is 14.2 Å². The first-order valence-electron chi connectivity index (χ1n) is 7.83. The van der Waals surface area contributed by atoms with Crippen molar-refractivity contribution in [1.29, 1.82) is 0 Å². The zero-order valence-corrected chi connectivity index (χ0v) is 12.6. The normalized spacial score (nSPS) is 21.4. The van der Waals surface area contributed by atoms with E-state index in [4.69, 9.17) is 9.26 Å². The van der Waals surface area contributed by atoms with Gasteiger partial charge >= 0.3 is 0 Å². The van der Waals surface area contributed by atoms with E-state index in [0.29, 0.717) is 31.3 Å². The van der Waals surface area contributed by atoms with Crippen molar-refractivity contribution in [2.75, 3.05) is 19.7 Å². The molecule has 2 aliphatic rings. The minimum Gasteiger partial charge on any atom is -0.370 e. The van der Waals surface area contributed by atoms with Crippen molar-refractivity contribution >= 4 is 5.91 Å². The molecule has 1 amide bonds. The van der Waals surface area contributed by atoms with Gasteiger partial charge in [-0.1, -0.05) is 17.3 Å². The van der Waals surface area contributed by atoms with Crippen LogP contribution in [0, 0.1) is 5.82 Å². The number of morpholine rings is 1. The van der Waals surface area contributed by atoms with Crippen LogP contribution in [0.4, 0.5) is 4.39 Å². The number of aromatic nitrogens is 1. The van der Waals surface area contributed by atoms with Gasteiger partial charge in [0.25, 0.3) is 5.91 Å². The van der Waals surface area contributed by atoms with Gasteiger partial charge in [0, 0.05) is 18.5 Å². The molecule has 1 aromatic carbocycles. The first kappa shape index (κ1) is 14.4. The highest BCUT2D eigenvalue weighted by molar-refractivity contribution is 5.92. The Morgan fingerprint density at radius 2 is 2.04 bits per heavy atom. The highest BCUT2D eigenvalue weighted by Crippen LogP contribution is 2.40. The van der Waals surface area contributed by atoms with E-state index in [0.717, 1.165) is 24.2 Å². The van der Waals surface area contributed by atoms with Crippen molar-refractivity contribution in [2.24, 2.45) is 0 Å². The van der Waals surface area contributed by atoms with Crippen LogP contribution in [0.25, 0.3) is 0 Å². The van der Waals surface area contributed by atoms with Gasteiger partial charge in [-0.05, 0) is 30.5 Å². The summed E-state index contributed by atoms with van der Waals surface area (Å²) in [6.45, 7) is 1.39. The third-order valence-corrected chi connectivity index (χ3v) is 4.32. The average Bonchev–Trinajstić information content (AvgIpc) is 3.32. The second-order valence-electron chi connectivity index (χ2n) is 6.05. The SMILES string of the molecule is O=C(c1cc(C2CC2)on1)N1CCOC(c2ccc(F)cc2)C1. The zero-order valence-electron chi connectivity index (χ0n) is 12.6. The summed E-state index contributed by atoms with van der Waals surface area (Å²) in [6.07, 6.45) is 1.96. The Morgan fingerprint density at radius 1 is 1.26 bits per heavy atom. The summed E-state index contributed by atoms with van der Waals surface area (Å²) in [7, 11) is 0. The molecule has 1 saturated carbocycles. The van der Waals surface area contributed by atoms with E-state index >= 15 is 0 Å². The summed E-state index contributed by atoms with van der Waals surface area (Å²) in [6, 6.07) is 7.94. The Balaban J connectivity index is 1.47. The number of hydrogen-bond donors (Lipinski definition) is 0. The molecule has 1 atom stereocenters. The third kappa shape index (κ3) is 2.99. The molecule has 4 rings (SSSR count). The monoisotopic (exact) mass is 316 g/mol. The van der Waals surface area contributed by atoms with Gasteiger partial charge in [-0.25, -0.2) is 4.39 Å². The summed E-state index contributed by atoms with van der Waals surface area (Å²) in [4.78, 5) is 14.3. The Labute approximate surface area is 133 Å². The number of halogens is 1. The van der Waals surface area contributed by atoms with Gasteiger partial charge in [0.05, 0.1) is 13.2 Å². The van der Waals surface area contributed by atoms with E-state index in [1.54, 1.807) is 23.1 Å². The van der Waals surface area contributed by atoms with E-state index in [9.17, 15) is 9.18 Å². The number of hydrogen-bond acceptors (Lipinski definition) is 4. The van der Waals surface area contributed by atoms with E-state index in [-0.39, 0.29) is 17.8 Å². The summed E-state index contributed by atoms with van der Waals surface area (Å²) in [5, 5.41) is 3.91. The molecule has 1 aliphatic heterocycles. The van der Waals surface area contributed by atoms with Crippen molar-refractivity contribution in [3.63, 3.8) is 0 Å². The van der Waals surface area contributed by atoms with Crippen molar-refractivity contribution < 1.29 is 18.4 Å². The minimum atomic E-state index is -0.285. The van der Waals surface area contributed by atoms with Gasteiger partial charge in [0.1, 0.15) is 17.7 Å². The predicted molar refractivity (Wildman–Crippen MR) is 79.5 cm³/mol. The maximum Gasteiger partial charge on any atom is 0.276 e. The van der Waals surface area contributed by atoms with Crippen LogP contribution in [-0.4, -0.2) is 35.7 Å². The van der Waals surface area contributed by atoms with Gasteiger partial charge in [-0.2, -0.15) is 0 Å². The fourth-order valence-electron chi connectivity index (χ4n) is 2.83. The Kier molecular flexibility index (Phi) is 3.61. The molecule has 2 aromatic rings. The summed E-state index contributed by atoms with van der Waals surface area (Å²) < 4.78 is 24.0. The first-order chi connectivity index (χ1) is 11.2. The minimum absolute atomic E-state index is 0.143. The molecule has 1 saturated heterocycles. The van der Waals surface area contributed by atoms with Crippen molar-refractivity contribution in [3.8, 4) is 0 Å². The van der Waals surface area contributed by atoms with E-state index in [1.807, 2.05) is 0 Å². The van der Waals surface area contributed by atoms with Crippen LogP contribution in [0.2, 0.25) is 0 Å². The Morgan fingerprint density at radius 3 is 2.78 bits per heavy atom. The van der Waals surface area contributed by atoms with Crippen molar-refractivity contribution in [2.45, 2.75) is 24.9 Å². The number of amides is 1. The summed E-state index contributed by atoms with van der Waals surface area (Å²) in [5.41, 5.74) is 1.22. The summed E-state index contributed by atoms with van der Waals surface area (Å²) >= 11 is 0. The average molecular weight is 316 g/mol. The molecule has 0 radical (unpaired) electrons. The number of rotatable bonds is 3. The molecule has 2 heterocycles. The smallest absolute Gasteiger partial charge is 0.276 e. The van der Waals surface area contributed by atoms with Gasteiger partial charge in [-0.3, -0.25) is 4.79 Å². The lowest BCUT2D eigenvalue weighted by Crippen LogP contribution is -2.42. The molecule has 1 aliphatic carbocycles.